The first kappa shape index (κ1) is 21.2. The van der Waals surface area contributed by atoms with E-state index in [1.54, 1.807) is 20.3 Å². The number of rotatable bonds is 4. The average molecular weight is 451 g/mol. The van der Waals surface area contributed by atoms with Crippen molar-refractivity contribution in [2.75, 3.05) is 20.8 Å². The summed E-state index contributed by atoms with van der Waals surface area (Å²) in [4.78, 5) is 16.8. The highest BCUT2D eigenvalue weighted by atomic mass is 16.7. The van der Waals surface area contributed by atoms with E-state index in [1.165, 1.54) is 6.92 Å². The van der Waals surface area contributed by atoms with Crippen molar-refractivity contribution < 1.29 is 33.3 Å². The van der Waals surface area contributed by atoms with E-state index in [1.807, 2.05) is 25.1 Å². The number of ether oxygens (including phenoxy) is 5. The molecule has 3 atom stereocenters. The first-order valence-electron chi connectivity index (χ1n) is 10.7. The normalized spacial score (nSPS) is 23.0. The minimum absolute atomic E-state index is 0.110. The van der Waals surface area contributed by atoms with Crippen LogP contribution in [0.25, 0.3) is 0 Å². The molecule has 0 amide bonds. The minimum atomic E-state index is -0.501. The summed E-state index contributed by atoms with van der Waals surface area (Å²) in [7, 11) is 3.15. The molecule has 8 nitrogen and oxygen atoms in total. The summed E-state index contributed by atoms with van der Waals surface area (Å²) in [5.41, 5.74) is 4.06. The fraction of sp³-hybridized carbons (Fsp3) is 0.360. The molecule has 2 aromatic rings. The van der Waals surface area contributed by atoms with Gasteiger partial charge in [-0.1, -0.05) is 11.7 Å². The van der Waals surface area contributed by atoms with Crippen LogP contribution in [0.4, 0.5) is 0 Å². The van der Waals surface area contributed by atoms with Crippen LogP contribution in [0.2, 0.25) is 0 Å². The fourth-order valence-corrected chi connectivity index (χ4v) is 4.58. The number of nitrogens with zero attached hydrogens (tertiary/aromatic N) is 1. The second-order valence-electron chi connectivity index (χ2n) is 8.33. The molecule has 0 N–H and O–H groups in total. The molecule has 172 valence electrons. The average Bonchev–Trinajstić information content (AvgIpc) is 3.26. The molecule has 2 unspecified atom stereocenters. The summed E-state index contributed by atoms with van der Waals surface area (Å²) < 4.78 is 29.5. The van der Waals surface area contributed by atoms with Crippen LogP contribution in [0.1, 0.15) is 36.5 Å². The van der Waals surface area contributed by atoms with E-state index < -0.39 is 5.97 Å². The summed E-state index contributed by atoms with van der Waals surface area (Å²) in [5, 5.41) is 4.29. The molecular formula is C25H25NO7. The Morgan fingerprint density at radius 3 is 2.55 bits per heavy atom. The largest absolute Gasteiger partial charge is 0.493 e. The Morgan fingerprint density at radius 2 is 1.85 bits per heavy atom. The van der Waals surface area contributed by atoms with Gasteiger partial charge in [0.05, 0.1) is 20.1 Å². The van der Waals surface area contributed by atoms with Crippen molar-refractivity contribution in [3.8, 4) is 28.7 Å². The summed E-state index contributed by atoms with van der Waals surface area (Å²) in [6.07, 6.45) is 0.156. The van der Waals surface area contributed by atoms with E-state index in [0.717, 1.165) is 28.0 Å². The zero-order chi connectivity index (χ0) is 23.3. The van der Waals surface area contributed by atoms with Crippen molar-refractivity contribution in [3.63, 3.8) is 0 Å². The fourth-order valence-electron chi connectivity index (χ4n) is 4.58. The Kier molecular flexibility index (Phi) is 5.15. The maximum Gasteiger partial charge on any atom is 0.331 e. The number of benzene rings is 2. The van der Waals surface area contributed by atoms with Gasteiger partial charge in [0, 0.05) is 36.1 Å². The van der Waals surface area contributed by atoms with Crippen molar-refractivity contribution in [3.05, 3.63) is 53.1 Å². The van der Waals surface area contributed by atoms with Crippen molar-refractivity contribution in [2.24, 2.45) is 5.16 Å². The van der Waals surface area contributed by atoms with Gasteiger partial charge in [-0.2, -0.15) is 0 Å². The third kappa shape index (κ3) is 3.46. The van der Waals surface area contributed by atoms with Gasteiger partial charge in [-0.3, -0.25) is 0 Å². The maximum atomic E-state index is 11.6. The van der Waals surface area contributed by atoms with Crippen LogP contribution < -0.4 is 23.7 Å². The molecule has 5 rings (SSSR count). The van der Waals surface area contributed by atoms with E-state index in [2.05, 4.69) is 11.7 Å². The molecular weight excluding hydrogens is 426 g/mol. The quantitative estimate of drug-likeness (QED) is 0.397. The highest BCUT2D eigenvalue weighted by molar-refractivity contribution is 6.09. The third-order valence-electron chi connectivity index (χ3n) is 6.16. The van der Waals surface area contributed by atoms with Gasteiger partial charge in [0.1, 0.15) is 41.8 Å². The standard InChI is InChI=1S/C25H25NO7/c1-12(2)18-9-16-17(31-18)7-6-14-24(26-33-13(3)27)23-15-8-20(28-4)21(29-5)10-19(15)30-11-22(23)32-25(14)16/h6-8,10,18,22-23H,1,9,11H2,2-5H3/b26-24+/t18-,22?,23?/m1/s1. The Bertz CT molecular complexity index is 1190. The van der Waals surface area contributed by atoms with Gasteiger partial charge in [0.2, 0.25) is 0 Å². The van der Waals surface area contributed by atoms with Crippen molar-refractivity contribution in [1.29, 1.82) is 0 Å². The lowest BCUT2D eigenvalue weighted by Crippen LogP contribution is -2.43. The third-order valence-corrected chi connectivity index (χ3v) is 6.16. The molecule has 0 saturated carbocycles. The van der Waals surface area contributed by atoms with Crippen LogP contribution in [-0.2, 0) is 16.1 Å². The number of hydrogen-bond donors (Lipinski definition) is 0. The molecule has 0 aromatic heterocycles. The van der Waals surface area contributed by atoms with E-state index in [9.17, 15) is 4.79 Å². The van der Waals surface area contributed by atoms with Crippen LogP contribution in [0.5, 0.6) is 28.7 Å². The minimum Gasteiger partial charge on any atom is -0.493 e. The molecule has 2 aromatic carbocycles. The van der Waals surface area contributed by atoms with Crippen molar-refractivity contribution in [1.82, 2.24) is 0 Å². The SMILES string of the molecule is C=C(C)[C@H]1Cc2c(ccc3c2OC2COc4cc(OC)c(OC)cc4C2/C3=N/OC(C)=O)O1. The van der Waals surface area contributed by atoms with Crippen LogP contribution in [0.3, 0.4) is 0 Å². The van der Waals surface area contributed by atoms with Gasteiger partial charge in [0.25, 0.3) is 0 Å². The van der Waals surface area contributed by atoms with Gasteiger partial charge in [-0.05, 0) is 30.7 Å². The number of methoxy groups -OCH3 is 2. The Hall–Kier alpha value is -3.68. The highest BCUT2D eigenvalue weighted by Crippen LogP contribution is 2.50. The lowest BCUT2D eigenvalue weighted by Gasteiger charge is -2.39. The zero-order valence-corrected chi connectivity index (χ0v) is 19.0. The topological polar surface area (TPSA) is 84.8 Å². The van der Waals surface area contributed by atoms with Gasteiger partial charge in [-0.25, -0.2) is 4.79 Å². The number of hydrogen-bond acceptors (Lipinski definition) is 8. The monoisotopic (exact) mass is 451 g/mol. The summed E-state index contributed by atoms with van der Waals surface area (Å²) in [5.74, 6) is 2.36. The van der Waals surface area contributed by atoms with E-state index in [-0.39, 0.29) is 18.1 Å². The molecule has 0 fully saturated rings. The van der Waals surface area contributed by atoms with Gasteiger partial charge in [-0.15, -0.1) is 0 Å². The van der Waals surface area contributed by atoms with Gasteiger partial charge < -0.3 is 28.5 Å². The van der Waals surface area contributed by atoms with Gasteiger partial charge >= 0.3 is 5.97 Å². The molecule has 3 aliphatic heterocycles. The number of oxime groups is 1. The Labute approximate surface area is 191 Å². The van der Waals surface area contributed by atoms with Crippen LogP contribution in [0.15, 0.2) is 41.6 Å². The molecule has 0 radical (unpaired) electrons. The molecule has 3 heterocycles. The van der Waals surface area contributed by atoms with Crippen molar-refractivity contribution >= 4 is 11.7 Å². The van der Waals surface area contributed by atoms with E-state index in [0.29, 0.717) is 41.7 Å². The second kappa shape index (κ2) is 8.03. The molecule has 8 heteroatoms. The Balaban J connectivity index is 1.66. The summed E-state index contributed by atoms with van der Waals surface area (Å²) in [6.45, 7) is 7.59. The second-order valence-corrected chi connectivity index (χ2v) is 8.33. The maximum absolute atomic E-state index is 11.6. The summed E-state index contributed by atoms with van der Waals surface area (Å²) in [6, 6.07) is 7.44. The number of fused-ring (bicyclic) bond motifs is 6. The predicted molar refractivity (Wildman–Crippen MR) is 120 cm³/mol. The first-order chi connectivity index (χ1) is 15.9. The number of carbonyl (C=O) groups is 1. The molecule has 33 heavy (non-hydrogen) atoms. The Morgan fingerprint density at radius 1 is 1.09 bits per heavy atom. The lowest BCUT2D eigenvalue weighted by atomic mass is 9.80. The van der Waals surface area contributed by atoms with Crippen LogP contribution in [-0.4, -0.2) is 44.7 Å². The lowest BCUT2D eigenvalue weighted by molar-refractivity contribution is -0.141. The van der Waals surface area contributed by atoms with Crippen LogP contribution >= 0.6 is 0 Å². The summed E-state index contributed by atoms with van der Waals surface area (Å²) >= 11 is 0. The molecule has 0 saturated heterocycles. The van der Waals surface area contributed by atoms with E-state index >= 15 is 0 Å². The zero-order valence-electron chi connectivity index (χ0n) is 19.0. The van der Waals surface area contributed by atoms with E-state index in [4.69, 9.17) is 28.5 Å². The molecule has 3 aliphatic rings. The predicted octanol–water partition coefficient (Wildman–Crippen LogP) is 3.79. The number of carbonyl (C=O) groups excluding carboxylic acids is 1. The molecule has 0 bridgehead atoms. The highest BCUT2D eigenvalue weighted by Gasteiger charge is 2.45. The van der Waals surface area contributed by atoms with Crippen LogP contribution in [0, 0.1) is 0 Å². The van der Waals surface area contributed by atoms with Crippen molar-refractivity contribution in [2.45, 2.75) is 38.4 Å². The molecule has 0 spiro atoms. The smallest absolute Gasteiger partial charge is 0.331 e. The van der Waals surface area contributed by atoms with Gasteiger partial charge in [0.15, 0.2) is 11.5 Å². The first-order valence-corrected chi connectivity index (χ1v) is 10.7. The molecule has 0 aliphatic carbocycles.